The Balaban J connectivity index is 2.39. The lowest BCUT2D eigenvalue weighted by molar-refractivity contribution is -0.130. The molecule has 0 spiro atoms. The van der Waals surface area contributed by atoms with Gasteiger partial charge in [-0.2, -0.15) is 5.10 Å². The van der Waals surface area contributed by atoms with Gasteiger partial charge in [0.1, 0.15) is 0 Å². The van der Waals surface area contributed by atoms with Gasteiger partial charge in [-0.3, -0.25) is 14.7 Å². The molecule has 0 unspecified atom stereocenters. The molecule has 17 heavy (non-hydrogen) atoms. The highest BCUT2D eigenvalue weighted by molar-refractivity contribution is 5.94. The highest BCUT2D eigenvalue weighted by Gasteiger charge is 2.21. The summed E-state index contributed by atoms with van der Waals surface area (Å²) in [6.07, 6.45) is 0. The lowest BCUT2D eigenvalue weighted by Gasteiger charge is -2.17. The predicted octanol–water partition coefficient (Wildman–Crippen LogP) is 0.819. The number of amides is 2. The second-order valence-corrected chi connectivity index (χ2v) is 4.92. The lowest BCUT2D eigenvalue weighted by Crippen LogP contribution is -2.39. The van der Waals surface area contributed by atoms with E-state index in [0.29, 0.717) is 5.82 Å². The zero-order valence-corrected chi connectivity index (χ0v) is 10.5. The predicted molar refractivity (Wildman–Crippen MR) is 64.4 cm³/mol. The van der Waals surface area contributed by atoms with Crippen molar-refractivity contribution in [1.82, 2.24) is 15.5 Å². The molecule has 0 saturated heterocycles. The molecule has 1 rings (SSSR count). The number of nitrogens with zero attached hydrogens (tertiary/aromatic N) is 1. The van der Waals surface area contributed by atoms with Crippen LogP contribution in [-0.2, 0) is 9.59 Å². The van der Waals surface area contributed by atoms with E-state index < -0.39 is 5.41 Å². The number of carbonyl (C=O) groups excluding carboxylic acids is 2. The topological polar surface area (TPSA) is 86.9 Å². The smallest absolute Gasteiger partial charge is 0.244 e. The lowest BCUT2D eigenvalue weighted by atomic mass is 9.96. The third-order valence-corrected chi connectivity index (χ3v) is 2.06. The standard InChI is InChI=1S/C11H18N4O2/c1-7-5-8(15-14-7)13-9(16)6-12-10(17)11(2,3)4/h5H,6H2,1-4H3,(H,12,17)(H2,13,14,15,16). The first-order valence-corrected chi connectivity index (χ1v) is 5.39. The van der Waals surface area contributed by atoms with Gasteiger partial charge < -0.3 is 10.6 Å². The van der Waals surface area contributed by atoms with Gasteiger partial charge in [-0.25, -0.2) is 0 Å². The Hall–Kier alpha value is -1.85. The first kappa shape index (κ1) is 13.2. The Labute approximate surface area is 100 Å². The van der Waals surface area contributed by atoms with Crippen molar-refractivity contribution in [3.8, 4) is 0 Å². The van der Waals surface area contributed by atoms with E-state index in [1.54, 1.807) is 26.8 Å². The fraction of sp³-hybridized carbons (Fsp3) is 0.545. The van der Waals surface area contributed by atoms with E-state index in [-0.39, 0.29) is 18.4 Å². The number of H-pyrrole nitrogens is 1. The van der Waals surface area contributed by atoms with Gasteiger partial charge in [0, 0.05) is 17.2 Å². The van der Waals surface area contributed by atoms with E-state index in [2.05, 4.69) is 20.8 Å². The summed E-state index contributed by atoms with van der Waals surface area (Å²) in [5, 5.41) is 11.7. The van der Waals surface area contributed by atoms with Gasteiger partial charge in [0.05, 0.1) is 6.54 Å². The molecule has 0 radical (unpaired) electrons. The van der Waals surface area contributed by atoms with Crippen molar-refractivity contribution >= 4 is 17.6 Å². The van der Waals surface area contributed by atoms with Crippen LogP contribution in [-0.4, -0.2) is 28.6 Å². The van der Waals surface area contributed by atoms with Gasteiger partial charge in [0.2, 0.25) is 11.8 Å². The van der Waals surface area contributed by atoms with Crippen molar-refractivity contribution in [2.45, 2.75) is 27.7 Å². The first-order chi connectivity index (χ1) is 7.79. The van der Waals surface area contributed by atoms with Crippen LogP contribution in [0.3, 0.4) is 0 Å². The minimum atomic E-state index is -0.497. The third kappa shape index (κ3) is 4.26. The maximum absolute atomic E-state index is 11.5. The molecule has 0 fully saturated rings. The molecule has 1 aromatic rings. The van der Waals surface area contributed by atoms with Crippen molar-refractivity contribution in [2.75, 3.05) is 11.9 Å². The zero-order valence-electron chi connectivity index (χ0n) is 10.5. The number of aromatic nitrogens is 2. The van der Waals surface area contributed by atoms with Crippen LogP contribution in [0.4, 0.5) is 5.82 Å². The maximum Gasteiger partial charge on any atom is 0.244 e. The minimum Gasteiger partial charge on any atom is -0.347 e. The Morgan fingerprint density at radius 1 is 1.41 bits per heavy atom. The number of aromatic amines is 1. The van der Waals surface area contributed by atoms with Gasteiger partial charge in [0.25, 0.3) is 0 Å². The Kier molecular flexibility index (Phi) is 3.88. The molecule has 94 valence electrons. The molecule has 0 atom stereocenters. The van der Waals surface area contributed by atoms with Gasteiger partial charge in [-0.05, 0) is 6.92 Å². The summed E-state index contributed by atoms with van der Waals surface area (Å²) >= 11 is 0. The van der Waals surface area contributed by atoms with Crippen LogP contribution in [0.25, 0.3) is 0 Å². The van der Waals surface area contributed by atoms with E-state index in [0.717, 1.165) is 5.69 Å². The molecule has 6 nitrogen and oxygen atoms in total. The molecule has 3 N–H and O–H groups in total. The third-order valence-electron chi connectivity index (χ3n) is 2.06. The van der Waals surface area contributed by atoms with E-state index in [9.17, 15) is 9.59 Å². The van der Waals surface area contributed by atoms with Crippen molar-refractivity contribution in [3.05, 3.63) is 11.8 Å². The van der Waals surface area contributed by atoms with Crippen LogP contribution < -0.4 is 10.6 Å². The number of nitrogens with one attached hydrogen (secondary N) is 3. The van der Waals surface area contributed by atoms with Gasteiger partial charge >= 0.3 is 0 Å². The molecule has 0 aliphatic carbocycles. The van der Waals surface area contributed by atoms with Gasteiger partial charge in [0.15, 0.2) is 5.82 Å². The summed E-state index contributed by atoms with van der Waals surface area (Å²) in [5.41, 5.74) is 0.363. The zero-order chi connectivity index (χ0) is 13.1. The molecular weight excluding hydrogens is 220 g/mol. The molecule has 1 heterocycles. The number of hydrogen-bond acceptors (Lipinski definition) is 3. The molecule has 0 aliphatic rings. The fourth-order valence-electron chi connectivity index (χ4n) is 1.09. The van der Waals surface area contributed by atoms with Gasteiger partial charge in [-0.1, -0.05) is 20.8 Å². The molecule has 1 aromatic heterocycles. The summed E-state index contributed by atoms with van der Waals surface area (Å²) in [7, 11) is 0. The van der Waals surface area contributed by atoms with Crippen LogP contribution in [0.1, 0.15) is 26.5 Å². The first-order valence-electron chi connectivity index (χ1n) is 5.39. The van der Waals surface area contributed by atoms with Crippen LogP contribution >= 0.6 is 0 Å². The monoisotopic (exact) mass is 238 g/mol. The maximum atomic E-state index is 11.5. The quantitative estimate of drug-likeness (QED) is 0.728. The minimum absolute atomic E-state index is 0.0536. The highest BCUT2D eigenvalue weighted by Crippen LogP contribution is 2.12. The Morgan fingerprint density at radius 3 is 2.53 bits per heavy atom. The Morgan fingerprint density at radius 2 is 2.06 bits per heavy atom. The number of aryl methyl sites for hydroxylation is 1. The van der Waals surface area contributed by atoms with Gasteiger partial charge in [-0.15, -0.1) is 0 Å². The molecule has 0 bridgehead atoms. The second kappa shape index (κ2) is 4.99. The second-order valence-electron chi connectivity index (χ2n) is 4.92. The van der Waals surface area contributed by atoms with Crippen molar-refractivity contribution < 1.29 is 9.59 Å². The molecule has 0 aliphatic heterocycles. The molecule has 0 saturated carbocycles. The van der Waals surface area contributed by atoms with Crippen LogP contribution in [0.2, 0.25) is 0 Å². The van der Waals surface area contributed by atoms with E-state index in [1.807, 2.05) is 6.92 Å². The molecular formula is C11H18N4O2. The number of hydrogen-bond donors (Lipinski definition) is 3. The fourth-order valence-corrected chi connectivity index (χ4v) is 1.09. The summed E-state index contributed by atoms with van der Waals surface area (Å²) in [6, 6.07) is 1.71. The van der Waals surface area contributed by atoms with Crippen LogP contribution in [0.15, 0.2) is 6.07 Å². The number of rotatable bonds is 3. The average Bonchev–Trinajstić information content (AvgIpc) is 2.58. The molecule has 0 aromatic carbocycles. The number of carbonyl (C=O) groups is 2. The van der Waals surface area contributed by atoms with Crippen LogP contribution in [0.5, 0.6) is 0 Å². The van der Waals surface area contributed by atoms with Crippen molar-refractivity contribution in [2.24, 2.45) is 5.41 Å². The SMILES string of the molecule is Cc1cc(NC(=O)CNC(=O)C(C)(C)C)n[nH]1. The Bertz CT molecular complexity index is 417. The summed E-state index contributed by atoms with van der Waals surface area (Å²) in [5.74, 6) is -0.00235. The molecule has 6 heteroatoms. The number of anilines is 1. The van der Waals surface area contributed by atoms with E-state index in [4.69, 9.17) is 0 Å². The largest absolute Gasteiger partial charge is 0.347 e. The van der Waals surface area contributed by atoms with E-state index >= 15 is 0 Å². The van der Waals surface area contributed by atoms with Crippen molar-refractivity contribution in [1.29, 1.82) is 0 Å². The van der Waals surface area contributed by atoms with Crippen LogP contribution in [0, 0.1) is 12.3 Å². The highest BCUT2D eigenvalue weighted by atomic mass is 16.2. The summed E-state index contributed by atoms with van der Waals surface area (Å²) < 4.78 is 0. The average molecular weight is 238 g/mol. The van der Waals surface area contributed by atoms with Crippen molar-refractivity contribution in [3.63, 3.8) is 0 Å². The summed E-state index contributed by atoms with van der Waals surface area (Å²) in [4.78, 5) is 23.0. The van der Waals surface area contributed by atoms with E-state index in [1.165, 1.54) is 0 Å². The molecule has 2 amide bonds. The normalized spacial score (nSPS) is 11.1. The summed E-state index contributed by atoms with van der Waals surface area (Å²) in [6.45, 7) is 7.15.